The number of amides is 3. The molecule has 0 saturated carbocycles. The summed E-state index contributed by atoms with van der Waals surface area (Å²) in [6, 6.07) is 22.5. The number of hydrogen-bond donors (Lipinski definition) is 2. The molecule has 35 heavy (non-hydrogen) atoms. The number of ether oxygens (including phenoxy) is 1. The lowest BCUT2D eigenvalue weighted by Crippen LogP contribution is -2.34. The Morgan fingerprint density at radius 3 is 2.43 bits per heavy atom. The monoisotopic (exact) mass is 475 g/mol. The topological polar surface area (TPSA) is 87.7 Å². The SMILES string of the molecule is O=C(COc1ccc(N2CC(C(=O)NCCc3ccccc3)CC2=O)cc1)Nc1ccccc1F. The Morgan fingerprint density at radius 2 is 1.69 bits per heavy atom. The summed E-state index contributed by atoms with van der Waals surface area (Å²) in [4.78, 5) is 38.7. The van der Waals surface area contributed by atoms with Gasteiger partial charge < -0.3 is 20.3 Å². The molecule has 8 heteroatoms. The van der Waals surface area contributed by atoms with Gasteiger partial charge in [-0.05, 0) is 48.4 Å². The van der Waals surface area contributed by atoms with Crippen LogP contribution in [0.1, 0.15) is 12.0 Å². The van der Waals surface area contributed by atoms with Crippen molar-refractivity contribution in [2.45, 2.75) is 12.8 Å². The molecule has 1 aliphatic heterocycles. The van der Waals surface area contributed by atoms with E-state index in [1.807, 2.05) is 30.3 Å². The first kappa shape index (κ1) is 23.9. The lowest BCUT2D eigenvalue weighted by molar-refractivity contribution is -0.126. The van der Waals surface area contributed by atoms with Gasteiger partial charge in [0.05, 0.1) is 11.6 Å². The number of carbonyl (C=O) groups is 3. The molecule has 0 aliphatic carbocycles. The number of hydrogen-bond acceptors (Lipinski definition) is 4. The standard InChI is InChI=1S/C27H26FN3O4/c28-23-8-4-5-9-24(23)30-25(32)18-35-22-12-10-21(11-13-22)31-17-20(16-26(31)33)27(34)29-15-14-19-6-2-1-3-7-19/h1-13,20H,14-18H2,(H,29,34)(H,30,32). The molecule has 180 valence electrons. The molecule has 3 amide bonds. The predicted octanol–water partition coefficient (Wildman–Crippen LogP) is 3.56. The number of benzene rings is 3. The number of anilines is 2. The van der Waals surface area contributed by atoms with Crippen molar-refractivity contribution in [2.75, 3.05) is 29.9 Å². The van der Waals surface area contributed by atoms with Gasteiger partial charge in [0.2, 0.25) is 11.8 Å². The first-order valence-electron chi connectivity index (χ1n) is 11.4. The van der Waals surface area contributed by atoms with Crippen LogP contribution >= 0.6 is 0 Å². The second kappa shape index (κ2) is 11.3. The van der Waals surface area contributed by atoms with Crippen LogP contribution in [0.3, 0.4) is 0 Å². The quantitative estimate of drug-likeness (QED) is 0.496. The second-order valence-corrected chi connectivity index (χ2v) is 8.24. The molecule has 0 bridgehead atoms. The molecule has 1 fully saturated rings. The molecule has 1 heterocycles. The molecule has 1 unspecified atom stereocenters. The summed E-state index contributed by atoms with van der Waals surface area (Å²) in [6.07, 6.45) is 0.891. The van der Waals surface area contributed by atoms with Gasteiger partial charge in [-0.25, -0.2) is 4.39 Å². The van der Waals surface area contributed by atoms with Crippen molar-refractivity contribution in [3.63, 3.8) is 0 Å². The maximum absolute atomic E-state index is 13.6. The molecule has 0 radical (unpaired) electrons. The Bertz CT molecular complexity index is 1180. The van der Waals surface area contributed by atoms with Crippen LogP contribution in [0.5, 0.6) is 5.75 Å². The molecule has 7 nitrogen and oxygen atoms in total. The highest BCUT2D eigenvalue weighted by molar-refractivity contribution is 6.00. The summed E-state index contributed by atoms with van der Waals surface area (Å²) in [5.74, 6) is -1.24. The summed E-state index contributed by atoms with van der Waals surface area (Å²) >= 11 is 0. The van der Waals surface area contributed by atoms with Gasteiger partial charge in [-0.2, -0.15) is 0 Å². The molecule has 1 saturated heterocycles. The zero-order chi connectivity index (χ0) is 24.6. The summed E-state index contributed by atoms with van der Waals surface area (Å²) in [6.45, 7) is 0.535. The fourth-order valence-corrected chi connectivity index (χ4v) is 3.87. The highest BCUT2D eigenvalue weighted by Gasteiger charge is 2.34. The fraction of sp³-hybridized carbons (Fsp3) is 0.222. The van der Waals surface area contributed by atoms with Gasteiger partial charge in [0, 0.05) is 25.2 Å². The number of nitrogens with one attached hydrogen (secondary N) is 2. The van der Waals surface area contributed by atoms with E-state index < -0.39 is 17.6 Å². The van der Waals surface area contributed by atoms with Gasteiger partial charge in [0.15, 0.2) is 6.61 Å². The maximum atomic E-state index is 13.6. The van der Waals surface area contributed by atoms with Gasteiger partial charge in [-0.1, -0.05) is 42.5 Å². The van der Waals surface area contributed by atoms with Crippen molar-refractivity contribution in [1.82, 2.24) is 5.32 Å². The normalized spacial score (nSPS) is 15.1. The highest BCUT2D eigenvalue weighted by atomic mass is 19.1. The number of para-hydroxylation sites is 1. The Morgan fingerprint density at radius 1 is 0.971 bits per heavy atom. The van der Waals surface area contributed by atoms with Gasteiger partial charge in [-0.3, -0.25) is 14.4 Å². The third-order valence-electron chi connectivity index (χ3n) is 5.72. The zero-order valence-corrected chi connectivity index (χ0v) is 19.1. The third kappa shape index (κ3) is 6.44. The first-order valence-corrected chi connectivity index (χ1v) is 11.4. The van der Waals surface area contributed by atoms with E-state index in [1.165, 1.54) is 18.2 Å². The van der Waals surface area contributed by atoms with Crippen LogP contribution in [0.2, 0.25) is 0 Å². The molecule has 3 aromatic carbocycles. The van der Waals surface area contributed by atoms with E-state index in [4.69, 9.17) is 4.74 Å². The molecule has 4 rings (SSSR count). The lowest BCUT2D eigenvalue weighted by Gasteiger charge is -2.17. The van der Waals surface area contributed by atoms with Crippen molar-refractivity contribution < 1.29 is 23.5 Å². The van der Waals surface area contributed by atoms with E-state index in [-0.39, 0.29) is 30.5 Å². The van der Waals surface area contributed by atoms with E-state index >= 15 is 0 Å². The predicted molar refractivity (Wildman–Crippen MR) is 131 cm³/mol. The minimum Gasteiger partial charge on any atom is -0.484 e. The van der Waals surface area contributed by atoms with E-state index in [0.717, 1.165) is 12.0 Å². The summed E-state index contributed by atoms with van der Waals surface area (Å²) < 4.78 is 19.1. The second-order valence-electron chi connectivity index (χ2n) is 8.24. The molecular formula is C27H26FN3O4. The largest absolute Gasteiger partial charge is 0.484 e. The van der Waals surface area contributed by atoms with Gasteiger partial charge in [-0.15, -0.1) is 0 Å². The van der Waals surface area contributed by atoms with Crippen molar-refractivity contribution in [1.29, 1.82) is 0 Å². The molecule has 3 aromatic rings. The van der Waals surface area contributed by atoms with Crippen LogP contribution in [0, 0.1) is 11.7 Å². The van der Waals surface area contributed by atoms with Crippen LogP contribution in [-0.2, 0) is 20.8 Å². The first-order chi connectivity index (χ1) is 17.0. The smallest absolute Gasteiger partial charge is 0.262 e. The minimum absolute atomic E-state index is 0.0858. The zero-order valence-electron chi connectivity index (χ0n) is 19.1. The highest BCUT2D eigenvalue weighted by Crippen LogP contribution is 2.27. The molecule has 2 N–H and O–H groups in total. The van der Waals surface area contributed by atoms with Crippen LogP contribution in [0.25, 0.3) is 0 Å². The summed E-state index contributed by atoms with van der Waals surface area (Å²) in [7, 11) is 0. The molecule has 1 atom stereocenters. The molecule has 1 aliphatic rings. The van der Waals surface area contributed by atoms with E-state index in [9.17, 15) is 18.8 Å². The molecular weight excluding hydrogens is 449 g/mol. The Kier molecular flexibility index (Phi) is 7.72. The Balaban J connectivity index is 1.24. The average Bonchev–Trinajstić information content (AvgIpc) is 3.27. The van der Waals surface area contributed by atoms with Gasteiger partial charge in [0.1, 0.15) is 11.6 Å². The number of nitrogens with zero attached hydrogens (tertiary/aromatic N) is 1. The molecule has 0 aromatic heterocycles. The summed E-state index contributed by atoms with van der Waals surface area (Å²) in [5.41, 5.74) is 1.88. The van der Waals surface area contributed by atoms with Gasteiger partial charge >= 0.3 is 0 Å². The number of carbonyl (C=O) groups excluding carboxylic acids is 3. The van der Waals surface area contributed by atoms with Crippen LogP contribution < -0.4 is 20.3 Å². The third-order valence-corrected chi connectivity index (χ3v) is 5.72. The summed E-state index contributed by atoms with van der Waals surface area (Å²) in [5, 5.41) is 5.38. The van der Waals surface area contributed by atoms with Crippen molar-refractivity contribution in [3.8, 4) is 5.75 Å². The van der Waals surface area contributed by atoms with E-state index in [2.05, 4.69) is 10.6 Å². The lowest BCUT2D eigenvalue weighted by atomic mass is 10.1. The Labute approximate surface area is 202 Å². The van der Waals surface area contributed by atoms with Crippen LogP contribution in [0.15, 0.2) is 78.9 Å². The maximum Gasteiger partial charge on any atom is 0.262 e. The fourth-order valence-electron chi connectivity index (χ4n) is 3.87. The van der Waals surface area contributed by atoms with Gasteiger partial charge in [0.25, 0.3) is 5.91 Å². The van der Waals surface area contributed by atoms with Crippen LogP contribution in [-0.4, -0.2) is 37.4 Å². The van der Waals surface area contributed by atoms with Crippen molar-refractivity contribution in [2.24, 2.45) is 5.92 Å². The number of halogens is 1. The Hall–Kier alpha value is -4.20. The van der Waals surface area contributed by atoms with Crippen molar-refractivity contribution in [3.05, 3.63) is 90.2 Å². The van der Waals surface area contributed by atoms with E-state index in [0.29, 0.717) is 24.5 Å². The minimum atomic E-state index is -0.524. The van der Waals surface area contributed by atoms with Crippen LogP contribution in [0.4, 0.5) is 15.8 Å². The average molecular weight is 476 g/mol. The number of rotatable bonds is 9. The van der Waals surface area contributed by atoms with E-state index in [1.54, 1.807) is 35.2 Å². The van der Waals surface area contributed by atoms with Crippen molar-refractivity contribution >= 4 is 29.1 Å². The molecule has 0 spiro atoms.